The first kappa shape index (κ1) is 18.5. The first-order chi connectivity index (χ1) is 9.33. The molecule has 7 heteroatoms. The summed E-state index contributed by atoms with van der Waals surface area (Å²) in [6.07, 6.45) is 0. The summed E-state index contributed by atoms with van der Waals surface area (Å²) in [6.45, 7) is 8.36. The van der Waals surface area contributed by atoms with Crippen LogP contribution in [0.25, 0.3) is 0 Å². The highest BCUT2D eigenvalue weighted by Crippen LogP contribution is 2.30. The molecule has 0 spiro atoms. The monoisotopic (exact) mass is 395 g/mol. The lowest BCUT2D eigenvalue weighted by Gasteiger charge is -2.27. The van der Waals surface area contributed by atoms with Crippen molar-refractivity contribution in [3.63, 3.8) is 0 Å². The van der Waals surface area contributed by atoms with E-state index in [2.05, 4.69) is 15.9 Å². The smallest absolute Gasteiger partial charge is 0.262 e. The molecule has 0 atom stereocenters. The van der Waals surface area contributed by atoms with Crippen molar-refractivity contribution >= 4 is 41.6 Å². The third-order valence-corrected chi connectivity index (χ3v) is 5.45. The summed E-state index contributed by atoms with van der Waals surface area (Å²) in [5, 5.41) is 0. The summed E-state index contributed by atoms with van der Waals surface area (Å²) in [7, 11) is 3.19. The van der Waals surface area contributed by atoms with E-state index in [1.54, 1.807) is 24.9 Å². The third kappa shape index (κ3) is 4.97. The van der Waals surface area contributed by atoms with Gasteiger partial charge in [0.2, 0.25) is 0 Å². The molecule has 0 N–H and O–H groups in total. The van der Waals surface area contributed by atoms with E-state index >= 15 is 0 Å². The van der Waals surface area contributed by atoms with E-state index < -0.39 is 9.05 Å². The van der Waals surface area contributed by atoms with Gasteiger partial charge in [0.05, 0.1) is 4.90 Å². The van der Waals surface area contributed by atoms with Gasteiger partial charge in [-0.2, -0.15) is 0 Å². The van der Waals surface area contributed by atoms with Gasteiger partial charge in [0, 0.05) is 34.3 Å². The molecule has 0 fully saturated rings. The Labute approximate surface area is 139 Å². The summed E-state index contributed by atoms with van der Waals surface area (Å²) < 4.78 is 23.6. The van der Waals surface area contributed by atoms with Gasteiger partial charge in [-0.05, 0) is 46.0 Å². The molecule has 0 aliphatic carbocycles. The number of nitrogens with zero attached hydrogens (tertiary/aromatic N) is 1. The Balaban J connectivity index is 3.27. The Bertz CT molecular complexity index is 666. The molecule has 0 bridgehead atoms. The minimum atomic E-state index is -3.92. The topological polar surface area (TPSA) is 54.5 Å². The summed E-state index contributed by atoms with van der Waals surface area (Å²) >= 11 is 3.20. The zero-order chi connectivity index (χ0) is 16.6. The van der Waals surface area contributed by atoms with Crippen molar-refractivity contribution < 1.29 is 13.2 Å². The molecule has 0 aromatic heterocycles. The number of aryl methyl sites for hydroxylation is 1. The lowest BCUT2D eigenvalue weighted by molar-refractivity contribution is 0.0745. The zero-order valence-electron chi connectivity index (χ0n) is 12.7. The van der Waals surface area contributed by atoms with Gasteiger partial charge >= 0.3 is 0 Å². The Morgan fingerprint density at radius 2 is 1.86 bits per heavy atom. The molecular formula is C14H19BrClNO3S. The molecule has 118 valence electrons. The standard InChI is InChI=1S/C14H19BrClNO3S/c1-9-6-10(7-11(12(9)15)21(16,19)20)13(18)17(5)8-14(2,3)4/h6-7H,8H2,1-5H3. The van der Waals surface area contributed by atoms with Crippen LogP contribution in [0.1, 0.15) is 36.7 Å². The van der Waals surface area contributed by atoms with Crippen molar-refractivity contribution in [1.82, 2.24) is 4.90 Å². The van der Waals surface area contributed by atoms with Crippen LogP contribution in [0.15, 0.2) is 21.5 Å². The fourth-order valence-corrected chi connectivity index (χ4v) is 4.20. The number of carbonyl (C=O) groups is 1. The molecule has 0 aliphatic heterocycles. The van der Waals surface area contributed by atoms with E-state index in [9.17, 15) is 13.2 Å². The predicted molar refractivity (Wildman–Crippen MR) is 88.3 cm³/mol. The Hall–Kier alpha value is -0.590. The summed E-state index contributed by atoms with van der Waals surface area (Å²) in [5.41, 5.74) is 0.904. The first-order valence-corrected chi connectivity index (χ1v) is 9.43. The maximum atomic E-state index is 12.4. The predicted octanol–water partition coefficient (Wildman–Crippen LogP) is 3.80. The summed E-state index contributed by atoms with van der Waals surface area (Å²) in [5.74, 6) is -0.234. The number of halogens is 2. The number of hydrogen-bond donors (Lipinski definition) is 0. The maximum absolute atomic E-state index is 12.4. The van der Waals surface area contributed by atoms with Gasteiger partial charge in [-0.1, -0.05) is 20.8 Å². The molecule has 0 saturated heterocycles. The number of rotatable bonds is 3. The molecule has 0 heterocycles. The normalized spacial score (nSPS) is 12.3. The summed E-state index contributed by atoms with van der Waals surface area (Å²) in [4.78, 5) is 13.9. The highest BCUT2D eigenvalue weighted by molar-refractivity contribution is 9.10. The molecule has 0 aliphatic rings. The Morgan fingerprint density at radius 3 is 2.29 bits per heavy atom. The highest BCUT2D eigenvalue weighted by atomic mass is 79.9. The molecule has 21 heavy (non-hydrogen) atoms. The second-order valence-electron chi connectivity index (χ2n) is 6.26. The van der Waals surface area contributed by atoms with Crippen LogP contribution in [-0.2, 0) is 9.05 Å². The van der Waals surface area contributed by atoms with Crippen LogP contribution in [0.5, 0.6) is 0 Å². The van der Waals surface area contributed by atoms with Gasteiger partial charge in [0.15, 0.2) is 0 Å². The van der Waals surface area contributed by atoms with E-state index in [-0.39, 0.29) is 16.2 Å². The first-order valence-electron chi connectivity index (χ1n) is 6.33. The summed E-state index contributed by atoms with van der Waals surface area (Å²) in [6, 6.07) is 2.96. The van der Waals surface area contributed by atoms with Crippen LogP contribution in [0, 0.1) is 12.3 Å². The van der Waals surface area contributed by atoms with Crippen molar-refractivity contribution in [2.45, 2.75) is 32.6 Å². The minimum absolute atomic E-state index is 0.0454. The number of carbonyl (C=O) groups excluding carboxylic acids is 1. The van der Waals surface area contributed by atoms with Crippen molar-refractivity contribution in [1.29, 1.82) is 0 Å². The third-order valence-electron chi connectivity index (χ3n) is 2.79. The molecule has 0 radical (unpaired) electrons. The quantitative estimate of drug-likeness (QED) is 0.730. The van der Waals surface area contributed by atoms with Crippen LogP contribution in [0.4, 0.5) is 0 Å². The average molecular weight is 397 g/mol. The van der Waals surface area contributed by atoms with Crippen LogP contribution in [-0.4, -0.2) is 32.8 Å². The zero-order valence-corrected chi connectivity index (χ0v) is 15.9. The molecule has 1 aromatic carbocycles. The maximum Gasteiger partial charge on any atom is 0.262 e. The second-order valence-corrected chi connectivity index (χ2v) is 9.59. The molecule has 1 rings (SSSR count). The lowest BCUT2D eigenvalue weighted by Crippen LogP contribution is -2.34. The van der Waals surface area contributed by atoms with Gasteiger partial charge in [-0.25, -0.2) is 8.42 Å². The molecule has 1 amide bonds. The molecule has 0 saturated carbocycles. The van der Waals surface area contributed by atoms with E-state index in [4.69, 9.17) is 10.7 Å². The Morgan fingerprint density at radius 1 is 1.33 bits per heavy atom. The lowest BCUT2D eigenvalue weighted by atomic mass is 9.96. The van der Waals surface area contributed by atoms with Crippen molar-refractivity contribution in [2.24, 2.45) is 5.41 Å². The number of hydrogen-bond acceptors (Lipinski definition) is 3. The van der Waals surface area contributed by atoms with Gasteiger partial charge in [-0.3, -0.25) is 4.79 Å². The van der Waals surface area contributed by atoms with Gasteiger partial charge in [0.25, 0.3) is 15.0 Å². The van der Waals surface area contributed by atoms with Gasteiger partial charge < -0.3 is 4.90 Å². The molecule has 1 aromatic rings. The van der Waals surface area contributed by atoms with Crippen LogP contribution < -0.4 is 0 Å². The van der Waals surface area contributed by atoms with Crippen molar-refractivity contribution in [3.05, 3.63) is 27.7 Å². The Kier molecular flexibility index (Phi) is 5.51. The highest BCUT2D eigenvalue weighted by Gasteiger charge is 2.23. The van der Waals surface area contributed by atoms with Gasteiger partial charge in [0.1, 0.15) is 0 Å². The van der Waals surface area contributed by atoms with Crippen LogP contribution in [0.3, 0.4) is 0 Å². The number of benzene rings is 1. The SMILES string of the molecule is Cc1cc(C(=O)N(C)CC(C)(C)C)cc(S(=O)(=O)Cl)c1Br. The van der Waals surface area contributed by atoms with Crippen LogP contribution in [0.2, 0.25) is 0 Å². The van der Waals surface area contributed by atoms with E-state index in [0.29, 0.717) is 22.1 Å². The van der Waals surface area contributed by atoms with Crippen molar-refractivity contribution in [2.75, 3.05) is 13.6 Å². The largest absolute Gasteiger partial charge is 0.341 e. The van der Waals surface area contributed by atoms with Gasteiger partial charge in [-0.15, -0.1) is 0 Å². The number of amides is 1. The van der Waals surface area contributed by atoms with Crippen LogP contribution >= 0.6 is 26.6 Å². The molecular weight excluding hydrogens is 378 g/mol. The van der Waals surface area contributed by atoms with E-state index in [1.165, 1.54) is 6.07 Å². The van der Waals surface area contributed by atoms with Crippen molar-refractivity contribution in [3.8, 4) is 0 Å². The minimum Gasteiger partial charge on any atom is -0.341 e. The van der Waals surface area contributed by atoms with E-state index in [0.717, 1.165) is 0 Å². The average Bonchev–Trinajstić information content (AvgIpc) is 2.27. The molecule has 4 nitrogen and oxygen atoms in total. The van der Waals surface area contributed by atoms with E-state index in [1.807, 2.05) is 20.8 Å². The fourth-order valence-electron chi connectivity index (χ4n) is 2.04. The molecule has 0 unspecified atom stereocenters. The second kappa shape index (κ2) is 6.26. The fraction of sp³-hybridized carbons (Fsp3) is 0.500.